The van der Waals surface area contributed by atoms with Crippen molar-refractivity contribution >= 4 is 33.9 Å². The molecule has 2 aromatic carbocycles. The summed E-state index contributed by atoms with van der Waals surface area (Å²) in [7, 11) is -4.02. The average Bonchev–Trinajstić information content (AvgIpc) is 3.51. The summed E-state index contributed by atoms with van der Waals surface area (Å²) < 4.78 is 29.6. The number of hydrogen-bond donors (Lipinski definition) is 5. The number of carbonyl (C=O) groups excluding carboxylic acids is 3. The smallest absolute Gasteiger partial charge is 0.294 e. The SMILES string of the molecule is CC(C)C[C@H](C(=O)NN(C(=O)[C@@H](C)N)C1CCCC1)[C@@H](CC=Cc1ccccc1)C(=O)NO.Cc1ccc(S(=O)(=O)O)cc1. The van der Waals surface area contributed by atoms with Gasteiger partial charge in [0.15, 0.2) is 0 Å². The largest absolute Gasteiger partial charge is 0.320 e. The van der Waals surface area contributed by atoms with E-state index in [1.165, 1.54) is 17.1 Å². The van der Waals surface area contributed by atoms with Gasteiger partial charge in [0.05, 0.1) is 28.8 Å². The summed E-state index contributed by atoms with van der Waals surface area (Å²) >= 11 is 0. The fourth-order valence-corrected chi connectivity index (χ4v) is 5.51. The molecule has 12 heteroatoms. The van der Waals surface area contributed by atoms with Gasteiger partial charge in [-0.1, -0.05) is 86.9 Å². The van der Waals surface area contributed by atoms with Gasteiger partial charge in [-0.15, -0.1) is 0 Å². The molecular weight excluding hydrogens is 584 g/mol. The molecule has 6 N–H and O–H groups in total. The third-order valence-electron chi connectivity index (χ3n) is 7.36. The molecule has 0 saturated heterocycles. The predicted octanol–water partition coefficient (Wildman–Crippen LogP) is 4.27. The molecule has 3 amide bonds. The lowest BCUT2D eigenvalue weighted by Gasteiger charge is -2.33. The molecule has 242 valence electrons. The Hall–Kier alpha value is -3.58. The van der Waals surface area contributed by atoms with Gasteiger partial charge in [-0.3, -0.25) is 29.6 Å². The summed E-state index contributed by atoms with van der Waals surface area (Å²) in [5.41, 5.74) is 12.3. The van der Waals surface area contributed by atoms with Gasteiger partial charge in [-0.2, -0.15) is 8.42 Å². The van der Waals surface area contributed by atoms with Crippen LogP contribution in [0.2, 0.25) is 0 Å². The van der Waals surface area contributed by atoms with Gasteiger partial charge >= 0.3 is 0 Å². The molecule has 44 heavy (non-hydrogen) atoms. The summed E-state index contributed by atoms with van der Waals surface area (Å²) in [4.78, 5) is 38.7. The number of benzene rings is 2. The molecule has 3 atom stereocenters. The Labute approximate surface area is 260 Å². The first-order chi connectivity index (χ1) is 20.7. The van der Waals surface area contributed by atoms with Crippen molar-refractivity contribution in [3.63, 3.8) is 0 Å². The lowest BCUT2D eigenvalue weighted by atomic mass is 9.82. The lowest BCUT2D eigenvalue weighted by molar-refractivity contribution is -0.150. The van der Waals surface area contributed by atoms with Crippen LogP contribution in [0.1, 0.15) is 70.4 Å². The highest BCUT2D eigenvalue weighted by molar-refractivity contribution is 7.85. The minimum atomic E-state index is -4.02. The maximum Gasteiger partial charge on any atom is 0.294 e. The molecule has 11 nitrogen and oxygen atoms in total. The highest BCUT2D eigenvalue weighted by Gasteiger charge is 2.37. The van der Waals surface area contributed by atoms with Crippen molar-refractivity contribution in [3.05, 3.63) is 71.8 Å². The summed E-state index contributed by atoms with van der Waals surface area (Å²) in [6.07, 6.45) is 7.97. The summed E-state index contributed by atoms with van der Waals surface area (Å²) in [5.74, 6) is -2.79. The van der Waals surface area contributed by atoms with Crippen molar-refractivity contribution in [1.29, 1.82) is 0 Å². The van der Waals surface area contributed by atoms with E-state index in [2.05, 4.69) is 5.43 Å². The molecule has 1 saturated carbocycles. The summed E-state index contributed by atoms with van der Waals surface area (Å²) in [6.45, 7) is 7.37. The zero-order valence-corrected chi connectivity index (χ0v) is 26.7. The number of carbonyl (C=O) groups is 3. The van der Waals surface area contributed by atoms with Crippen molar-refractivity contribution in [2.45, 2.75) is 83.2 Å². The van der Waals surface area contributed by atoms with Crippen molar-refractivity contribution in [2.75, 3.05) is 0 Å². The van der Waals surface area contributed by atoms with Gasteiger partial charge in [-0.05, 0) is 63.1 Å². The standard InChI is InChI=1S/C25H38N4O4.C7H8O3S/c1-17(2)16-22(21(24(31)28-33)15-9-12-19-10-5-4-6-11-19)23(30)27-29(25(32)18(3)26)20-13-7-8-14-20;1-6-2-4-7(5-3-6)11(8,9)10/h4-6,9-12,17-18,20-22,33H,7-8,13-16,26H2,1-3H3,(H,27,30)(H,28,31);2-5H,1H3,(H,8,9,10)/t18-,21-,22+;/m1./s1. The van der Waals surface area contributed by atoms with Gasteiger partial charge in [0, 0.05) is 0 Å². The zero-order valence-electron chi connectivity index (χ0n) is 25.8. The minimum Gasteiger partial charge on any atom is -0.320 e. The molecular formula is C32H46N4O7S. The molecule has 0 bridgehead atoms. The molecule has 0 heterocycles. The molecule has 3 rings (SSSR count). The first-order valence-electron chi connectivity index (χ1n) is 14.8. The van der Waals surface area contributed by atoms with E-state index in [-0.39, 0.29) is 29.2 Å². The molecule has 2 aromatic rings. The van der Waals surface area contributed by atoms with Crippen molar-refractivity contribution in [1.82, 2.24) is 15.9 Å². The van der Waals surface area contributed by atoms with Gasteiger partial charge in [0.2, 0.25) is 11.8 Å². The summed E-state index contributed by atoms with van der Waals surface area (Å²) in [5, 5.41) is 10.7. The highest BCUT2D eigenvalue weighted by atomic mass is 32.2. The van der Waals surface area contributed by atoms with Gasteiger partial charge in [-0.25, -0.2) is 10.5 Å². The fraction of sp³-hybridized carbons (Fsp3) is 0.469. The second kappa shape index (κ2) is 17.6. The van der Waals surface area contributed by atoms with E-state index in [9.17, 15) is 28.0 Å². The van der Waals surface area contributed by atoms with E-state index in [0.717, 1.165) is 36.8 Å². The Morgan fingerprint density at radius 1 is 0.977 bits per heavy atom. The van der Waals surface area contributed by atoms with Crippen LogP contribution >= 0.6 is 0 Å². The molecule has 0 aromatic heterocycles. The van der Waals surface area contributed by atoms with Crippen molar-refractivity contribution in [3.8, 4) is 0 Å². The van der Waals surface area contributed by atoms with Crippen LogP contribution in [0.25, 0.3) is 6.08 Å². The second-order valence-electron chi connectivity index (χ2n) is 11.6. The molecule has 0 aliphatic heterocycles. The fourth-order valence-electron chi connectivity index (χ4n) is 5.03. The highest BCUT2D eigenvalue weighted by Crippen LogP contribution is 2.27. The van der Waals surface area contributed by atoms with Crippen LogP contribution < -0.4 is 16.6 Å². The van der Waals surface area contributed by atoms with Crippen LogP contribution in [0, 0.1) is 24.7 Å². The number of nitrogens with one attached hydrogen (secondary N) is 2. The van der Waals surface area contributed by atoms with Gasteiger partial charge in [0.25, 0.3) is 16.0 Å². The predicted molar refractivity (Wildman–Crippen MR) is 168 cm³/mol. The van der Waals surface area contributed by atoms with Crippen LogP contribution in [-0.4, -0.2) is 53.0 Å². The van der Waals surface area contributed by atoms with Crippen LogP contribution in [-0.2, 0) is 24.5 Å². The van der Waals surface area contributed by atoms with E-state index >= 15 is 0 Å². The van der Waals surface area contributed by atoms with E-state index < -0.39 is 39.8 Å². The maximum absolute atomic E-state index is 13.4. The third-order valence-corrected chi connectivity index (χ3v) is 8.23. The topological polar surface area (TPSA) is 179 Å². The third kappa shape index (κ3) is 11.8. The molecule has 1 aliphatic carbocycles. The number of nitrogens with two attached hydrogens (primary N) is 1. The molecule has 1 aliphatic rings. The zero-order chi connectivity index (χ0) is 32.9. The van der Waals surface area contributed by atoms with E-state index in [1.807, 2.05) is 63.3 Å². The number of hydrogen-bond acceptors (Lipinski definition) is 7. The molecule has 0 radical (unpaired) electrons. The van der Waals surface area contributed by atoms with Crippen LogP contribution in [0.5, 0.6) is 0 Å². The van der Waals surface area contributed by atoms with E-state index in [4.69, 9.17) is 10.3 Å². The van der Waals surface area contributed by atoms with Crippen molar-refractivity contribution < 1.29 is 32.6 Å². The number of allylic oxidation sites excluding steroid dienone is 1. The van der Waals surface area contributed by atoms with E-state index in [0.29, 0.717) is 6.42 Å². The monoisotopic (exact) mass is 630 g/mol. The molecule has 1 fully saturated rings. The Bertz CT molecular complexity index is 1340. The second-order valence-corrected chi connectivity index (χ2v) is 13.0. The maximum atomic E-state index is 13.4. The Morgan fingerprint density at radius 2 is 1.57 bits per heavy atom. The Balaban J connectivity index is 0.000000514. The first-order valence-corrected chi connectivity index (χ1v) is 16.3. The number of rotatable bonds is 11. The minimum absolute atomic E-state index is 0.0666. The number of hydroxylamine groups is 1. The number of nitrogens with zero attached hydrogens (tertiary/aromatic N) is 1. The first kappa shape index (κ1) is 36.6. The van der Waals surface area contributed by atoms with Crippen molar-refractivity contribution in [2.24, 2.45) is 23.5 Å². The number of aryl methyl sites for hydroxylation is 1. The Morgan fingerprint density at radius 3 is 2.07 bits per heavy atom. The normalized spacial score (nSPS) is 15.6. The van der Waals surface area contributed by atoms with Crippen LogP contribution in [0.15, 0.2) is 65.6 Å². The van der Waals surface area contributed by atoms with Gasteiger partial charge in [0.1, 0.15) is 0 Å². The number of amides is 3. The van der Waals surface area contributed by atoms with E-state index in [1.54, 1.807) is 24.5 Å². The quantitative estimate of drug-likeness (QED) is 0.139. The lowest BCUT2D eigenvalue weighted by Crippen LogP contribution is -2.57. The molecule has 0 unspecified atom stereocenters. The van der Waals surface area contributed by atoms with Crippen LogP contribution in [0.4, 0.5) is 0 Å². The average molecular weight is 631 g/mol. The van der Waals surface area contributed by atoms with Crippen LogP contribution in [0.3, 0.4) is 0 Å². The summed E-state index contributed by atoms with van der Waals surface area (Å²) in [6, 6.07) is 14.8. The van der Waals surface area contributed by atoms with Gasteiger partial charge < -0.3 is 5.73 Å². The molecule has 0 spiro atoms. The Kier molecular flexibility index (Phi) is 14.7. The number of hydrazine groups is 1.